The number of nitrogens with zero attached hydrogens (tertiary/aromatic N) is 1. The maximum absolute atomic E-state index is 12.1. The third-order valence-electron chi connectivity index (χ3n) is 3.39. The molecule has 6 heteroatoms. The summed E-state index contributed by atoms with van der Waals surface area (Å²) in [6.07, 6.45) is 0. The van der Waals surface area contributed by atoms with Crippen molar-refractivity contribution in [1.29, 1.82) is 0 Å². The molecule has 0 aliphatic rings. The molecule has 0 aliphatic heterocycles. The Kier molecular flexibility index (Phi) is 6.76. The molecular weight excluding hydrogens is 347 g/mol. The monoisotopic (exact) mass is 366 g/mol. The molecule has 2 aromatic rings. The SMILES string of the molecule is Cc1cccc(OCCNC(=O)N(C)Cc2ccc(Cl)c(Cl)c2)c1. The standard InChI is InChI=1S/C18H20Cl2N2O2/c1-13-4-3-5-15(10-13)24-9-8-21-18(23)22(2)12-14-6-7-16(19)17(20)11-14/h3-7,10-11H,8-9,12H2,1-2H3,(H,21,23). The van der Waals surface area contributed by atoms with Crippen molar-refractivity contribution < 1.29 is 9.53 Å². The predicted octanol–water partition coefficient (Wildman–Crippen LogP) is 4.52. The van der Waals surface area contributed by atoms with Crippen LogP contribution in [0, 0.1) is 6.92 Å². The lowest BCUT2D eigenvalue weighted by Crippen LogP contribution is -2.38. The molecule has 0 spiro atoms. The van der Waals surface area contributed by atoms with Crippen LogP contribution in [0.25, 0.3) is 0 Å². The number of carbonyl (C=O) groups is 1. The summed E-state index contributed by atoms with van der Waals surface area (Å²) in [5.74, 6) is 0.799. The van der Waals surface area contributed by atoms with Crippen LogP contribution >= 0.6 is 23.2 Å². The molecule has 0 heterocycles. The van der Waals surface area contributed by atoms with Gasteiger partial charge in [0.05, 0.1) is 16.6 Å². The lowest BCUT2D eigenvalue weighted by molar-refractivity contribution is 0.203. The summed E-state index contributed by atoms with van der Waals surface area (Å²) < 4.78 is 5.60. The number of aryl methyl sites for hydroxylation is 1. The van der Waals surface area contributed by atoms with Crippen molar-refractivity contribution in [1.82, 2.24) is 10.2 Å². The summed E-state index contributed by atoms with van der Waals surface area (Å²) >= 11 is 11.9. The summed E-state index contributed by atoms with van der Waals surface area (Å²) in [5, 5.41) is 3.80. The van der Waals surface area contributed by atoms with Crippen LogP contribution in [-0.2, 0) is 6.54 Å². The van der Waals surface area contributed by atoms with Gasteiger partial charge in [-0.15, -0.1) is 0 Å². The molecule has 0 bridgehead atoms. The van der Waals surface area contributed by atoms with Crippen LogP contribution in [0.2, 0.25) is 10.0 Å². The lowest BCUT2D eigenvalue weighted by atomic mass is 10.2. The zero-order chi connectivity index (χ0) is 17.5. The Hall–Kier alpha value is -1.91. The van der Waals surface area contributed by atoms with Crippen molar-refractivity contribution in [3.05, 3.63) is 63.6 Å². The number of carbonyl (C=O) groups excluding carboxylic acids is 1. The highest BCUT2D eigenvalue weighted by molar-refractivity contribution is 6.42. The quantitative estimate of drug-likeness (QED) is 0.763. The van der Waals surface area contributed by atoms with Crippen molar-refractivity contribution in [3.8, 4) is 5.75 Å². The van der Waals surface area contributed by atoms with Gasteiger partial charge in [0.15, 0.2) is 0 Å². The Bertz CT molecular complexity index is 707. The molecule has 2 aromatic carbocycles. The molecular formula is C18H20Cl2N2O2. The van der Waals surface area contributed by atoms with Gasteiger partial charge in [-0.2, -0.15) is 0 Å². The van der Waals surface area contributed by atoms with Gasteiger partial charge >= 0.3 is 6.03 Å². The van der Waals surface area contributed by atoms with E-state index in [2.05, 4.69) is 5.32 Å². The van der Waals surface area contributed by atoms with Crippen LogP contribution < -0.4 is 10.1 Å². The van der Waals surface area contributed by atoms with Gasteiger partial charge in [-0.1, -0.05) is 41.4 Å². The smallest absolute Gasteiger partial charge is 0.317 e. The average molecular weight is 367 g/mol. The molecule has 24 heavy (non-hydrogen) atoms. The molecule has 2 rings (SSSR count). The third-order valence-corrected chi connectivity index (χ3v) is 4.13. The number of halogens is 2. The van der Waals surface area contributed by atoms with Gasteiger partial charge in [-0.3, -0.25) is 0 Å². The average Bonchev–Trinajstić information content (AvgIpc) is 2.55. The van der Waals surface area contributed by atoms with E-state index >= 15 is 0 Å². The summed E-state index contributed by atoms with van der Waals surface area (Å²) in [7, 11) is 1.72. The normalized spacial score (nSPS) is 10.3. The van der Waals surface area contributed by atoms with Gasteiger partial charge in [-0.05, 0) is 42.3 Å². The van der Waals surface area contributed by atoms with Crippen molar-refractivity contribution in [2.45, 2.75) is 13.5 Å². The van der Waals surface area contributed by atoms with Gasteiger partial charge in [0.1, 0.15) is 12.4 Å². The Labute approximate surface area is 152 Å². The fourth-order valence-electron chi connectivity index (χ4n) is 2.15. The van der Waals surface area contributed by atoms with E-state index in [0.717, 1.165) is 16.9 Å². The fourth-order valence-corrected chi connectivity index (χ4v) is 2.47. The number of ether oxygens (including phenoxy) is 1. The molecule has 128 valence electrons. The van der Waals surface area contributed by atoms with E-state index in [1.165, 1.54) is 0 Å². The first kappa shape index (κ1) is 18.4. The van der Waals surface area contributed by atoms with Crippen LogP contribution in [0.15, 0.2) is 42.5 Å². The molecule has 0 radical (unpaired) electrons. The first-order valence-electron chi connectivity index (χ1n) is 7.58. The summed E-state index contributed by atoms with van der Waals surface area (Å²) in [5.41, 5.74) is 2.05. The predicted molar refractivity (Wildman–Crippen MR) is 98.0 cm³/mol. The highest BCUT2D eigenvalue weighted by atomic mass is 35.5. The minimum Gasteiger partial charge on any atom is -0.492 e. The van der Waals surface area contributed by atoms with Crippen molar-refractivity contribution in [2.75, 3.05) is 20.2 Å². The fraction of sp³-hybridized carbons (Fsp3) is 0.278. The molecule has 2 amide bonds. The summed E-state index contributed by atoms with van der Waals surface area (Å²) in [6.45, 7) is 3.29. The molecule has 0 fully saturated rings. The van der Waals surface area contributed by atoms with Crippen LogP contribution in [-0.4, -0.2) is 31.1 Å². The number of amides is 2. The minimum absolute atomic E-state index is 0.172. The van der Waals surface area contributed by atoms with E-state index in [9.17, 15) is 4.79 Å². The third kappa shape index (κ3) is 5.62. The summed E-state index contributed by atoms with van der Waals surface area (Å²) in [6, 6.07) is 13.0. The maximum atomic E-state index is 12.1. The van der Waals surface area contributed by atoms with Crippen LogP contribution in [0.4, 0.5) is 4.79 Å². The Morgan fingerprint density at radius 2 is 1.96 bits per heavy atom. The zero-order valence-corrected chi connectivity index (χ0v) is 15.2. The molecule has 0 atom stereocenters. The van der Waals surface area contributed by atoms with E-state index in [4.69, 9.17) is 27.9 Å². The van der Waals surface area contributed by atoms with E-state index in [1.807, 2.05) is 37.3 Å². The molecule has 0 aliphatic carbocycles. The summed E-state index contributed by atoms with van der Waals surface area (Å²) in [4.78, 5) is 13.6. The van der Waals surface area contributed by atoms with Crippen molar-refractivity contribution >= 4 is 29.2 Å². The number of hydrogen-bond acceptors (Lipinski definition) is 2. The second kappa shape index (κ2) is 8.81. The van der Waals surface area contributed by atoms with E-state index in [-0.39, 0.29) is 6.03 Å². The zero-order valence-electron chi connectivity index (χ0n) is 13.7. The molecule has 0 saturated heterocycles. The van der Waals surface area contributed by atoms with Gasteiger partial charge in [0.25, 0.3) is 0 Å². The molecule has 0 unspecified atom stereocenters. The van der Waals surface area contributed by atoms with E-state index in [0.29, 0.717) is 29.7 Å². The molecule has 4 nitrogen and oxygen atoms in total. The number of nitrogens with one attached hydrogen (secondary N) is 1. The van der Waals surface area contributed by atoms with E-state index < -0.39 is 0 Å². The van der Waals surface area contributed by atoms with Crippen molar-refractivity contribution in [2.24, 2.45) is 0 Å². The second-order valence-electron chi connectivity index (χ2n) is 5.50. The maximum Gasteiger partial charge on any atom is 0.317 e. The van der Waals surface area contributed by atoms with Gasteiger partial charge in [-0.25, -0.2) is 4.79 Å². The number of rotatable bonds is 6. The Morgan fingerprint density at radius 3 is 2.67 bits per heavy atom. The van der Waals surface area contributed by atoms with E-state index in [1.54, 1.807) is 24.1 Å². The Morgan fingerprint density at radius 1 is 1.17 bits per heavy atom. The van der Waals surface area contributed by atoms with Gasteiger partial charge in [0, 0.05) is 13.6 Å². The highest BCUT2D eigenvalue weighted by Crippen LogP contribution is 2.23. The highest BCUT2D eigenvalue weighted by Gasteiger charge is 2.09. The molecule has 0 saturated carbocycles. The van der Waals surface area contributed by atoms with Crippen LogP contribution in [0.1, 0.15) is 11.1 Å². The van der Waals surface area contributed by atoms with Crippen molar-refractivity contribution in [3.63, 3.8) is 0 Å². The first-order chi connectivity index (χ1) is 11.5. The first-order valence-corrected chi connectivity index (χ1v) is 8.33. The Balaban J connectivity index is 1.74. The van der Waals surface area contributed by atoms with Crippen LogP contribution in [0.5, 0.6) is 5.75 Å². The largest absolute Gasteiger partial charge is 0.492 e. The van der Waals surface area contributed by atoms with Crippen LogP contribution in [0.3, 0.4) is 0 Å². The number of hydrogen-bond donors (Lipinski definition) is 1. The molecule has 0 aromatic heterocycles. The van der Waals surface area contributed by atoms with Gasteiger partial charge < -0.3 is 15.0 Å². The topological polar surface area (TPSA) is 41.6 Å². The van der Waals surface area contributed by atoms with Gasteiger partial charge in [0.2, 0.25) is 0 Å². The number of urea groups is 1. The molecule has 1 N–H and O–H groups in total. The second-order valence-corrected chi connectivity index (χ2v) is 6.32. The minimum atomic E-state index is -0.172. The number of benzene rings is 2. The lowest BCUT2D eigenvalue weighted by Gasteiger charge is -2.18.